The van der Waals surface area contributed by atoms with Crippen molar-refractivity contribution in [3.63, 3.8) is 0 Å². The normalized spacial score (nSPS) is 11.5. The minimum Gasteiger partial charge on any atom is -0.476 e. The Morgan fingerprint density at radius 2 is 1.93 bits per heavy atom. The van der Waals surface area contributed by atoms with Crippen LogP contribution in [-0.4, -0.2) is 16.3 Å². The number of hydrogen-bond acceptors (Lipinski definition) is 2. The molecule has 0 heterocycles. The van der Waals surface area contributed by atoms with E-state index in [4.69, 9.17) is 5.11 Å². The molecule has 7 heteroatoms. The average molecular weight is 240 g/mol. The minimum atomic E-state index is -4.14. The van der Waals surface area contributed by atoms with Gasteiger partial charge in [0, 0.05) is 11.0 Å². The molecule has 15 heavy (non-hydrogen) atoms. The number of carboxylic acids is 1. The van der Waals surface area contributed by atoms with E-state index in [1.165, 1.54) is 0 Å². The highest BCUT2D eigenvalue weighted by Gasteiger charge is 2.40. The van der Waals surface area contributed by atoms with Gasteiger partial charge in [-0.15, -0.1) is 0 Å². The lowest BCUT2D eigenvalue weighted by Crippen LogP contribution is -2.23. The fourth-order valence-corrected chi connectivity index (χ4v) is 1.40. The fraction of sp³-hybridized carbons (Fsp3) is 0.125. The third kappa shape index (κ3) is 2.85. The number of alkyl halides is 2. The Labute approximate surface area is 85.9 Å². The third-order valence-corrected chi connectivity index (χ3v) is 2.36. The van der Waals surface area contributed by atoms with Crippen LogP contribution in [0.2, 0.25) is 0 Å². The second kappa shape index (κ2) is 4.09. The van der Waals surface area contributed by atoms with Crippen LogP contribution in [0.25, 0.3) is 0 Å². The summed E-state index contributed by atoms with van der Waals surface area (Å²) in [7, 11) is 0. The molecule has 1 rings (SSSR count). The Balaban J connectivity index is 2.95. The quantitative estimate of drug-likeness (QED) is 0.652. The molecule has 0 aliphatic rings. The molecule has 0 unspecified atom stereocenters. The van der Waals surface area contributed by atoms with Gasteiger partial charge in [0.1, 0.15) is 11.6 Å². The second-order valence-electron chi connectivity index (χ2n) is 2.50. The van der Waals surface area contributed by atoms with E-state index in [9.17, 15) is 22.4 Å². The Morgan fingerprint density at radius 1 is 1.33 bits per heavy atom. The summed E-state index contributed by atoms with van der Waals surface area (Å²) in [5.41, 5.74) is 0. The van der Waals surface area contributed by atoms with Crippen LogP contribution in [-0.2, 0) is 4.79 Å². The van der Waals surface area contributed by atoms with Gasteiger partial charge in [0.25, 0.3) is 0 Å². The first-order chi connectivity index (χ1) is 6.83. The Morgan fingerprint density at radius 3 is 2.40 bits per heavy atom. The highest BCUT2D eigenvalue weighted by molar-refractivity contribution is 8.01. The number of carbonyl (C=O) groups is 1. The van der Waals surface area contributed by atoms with E-state index >= 15 is 0 Å². The molecule has 0 bridgehead atoms. The largest absolute Gasteiger partial charge is 0.476 e. The van der Waals surface area contributed by atoms with Gasteiger partial charge in [0.2, 0.25) is 0 Å². The predicted octanol–water partition coefficient (Wildman–Crippen LogP) is 2.73. The molecule has 0 aliphatic carbocycles. The zero-order valence-electron chi connectivity index (χ0n) is 7.01. The zero-order chi connectivity index (χ0) is 11.6. The first kappa shape index (κ1) is 11.8. The van der Waals surface area contributed by atoms with Gasteiger partial charge < -0.3 is 5.11 Å². The van der Waals surface area contributed by atoms with Gasteiger partial charge >= 0.3 is 11.2 Å². The number of carboxylic acid groups (broad SMARTS) is 1. The van der Waals surface area contributed by atoms with Crippen LogP contribution < -0.4 is 0 Å². The Kier molecular flexibility index (Phi) is 3.23. The Hall–Kier alpha value is -1.24. The maximum atomic E-state index is 12.9. The number of aliphatic carboxylic acids is 1. The molecule has 0 fully saturated rings. The van der Waals surface area contributed by atoms with Crippen molar-refractivity contribution in [2.45, 2.75) is 10.2 Å². The molecule has 0 amide bonds. The van der Waals surface area contributed by atoms with Gasteiger partial charge in [0.05, 0.1) is 0 Å². The van der Waals surface area contributed by atoms with E-state index in [1.807, 2.05) is 0 Å². The second-order valence-corrected chi connectivity index (χ2v) is 3.66. The molecule has 1 aromatic rings. The van der Waals surface area contributed by atoms with Crippen LogP contribution in [0.4, 0.5) is 17.6 Å². The SMILES string of the molecule is O=C(O)C(F)(F)Sc1ccc(F)cc1F. The number of rotatable bonds is 3. The van der Waals surface area contributed by atoms with Gasteiger partial charge in [-0.3, -0.25) is 0 Å². The lowest BCUT2D eigenvalue weighted by molar-refractivity contribution is -0.152. The van der Waals surface area contributed by atoms with Gasteiger partial charge in [-0.2, -0.15) is 8.78 Å². The Bertz CT molecular complexity index is 394. The van der Waals surface area contributed by atoms with Crippen molar-refractivity contribution in [1.82, 2.24) is 0 Å². The van der Waals surface area contributed by atoms with E-state index in [0.717, 1.165) is 12.1 Å². The third-order valence-electron chi connectivity index (χ3n) is 1.38. The van der Waals surface area contributed by atoms with Crippen LogP contribution in [0.15, 0.2) is 23.1 Å². The number of thioether (sulfide) groups is 1. The number of benzene rings is 1. The van der Waals surface area contributed by atoms with Gasteiger partial charge in [-0.25, -0.2) is 13.6 Å². The summed E-state index contributed by atoms with van der Waals surface area (Å²) in [4.78, 5) is 9.41. The van der Waals surface area contributed by atoms with Gasteiger partial charge in [0.15, 0.2) is 0 Å². The van der Waals surface area contributed by atoms with Crippen molar-refractivity contribution in [3.05, 3.63) is 29.8 Å². The minimum absolute atomic E-state index is 0.403. The monoisotopic (exact) mass is 240 g/mol. The summed E-state index contributed by atoms with van der Waals surface area (Å²) in [6.45, 7) is 0. The lowest BCUT2D eigenvalue weighted by Gasteiger charge is -2.10. The van der Waals surface area contributed by atoms with E-state index in [-0.39, 0.29) is 0 Å². The van der Waals surface area contributed by atoms with E-state index in [2.05, 4.69) is 0 Å². The lowest BCUT2D eigenvalue weighted by atomic mass is 10.3. The highest BCUT2D eigenvalue weighted by atomic mass is 32.2. The first-order valence-corrected chi connectivity index (χ1v) is 4.40. The molecule has 0 aromatic heterocycles. The summed E-state index contributed by atoms with van der Waals surface area (Å²) >= 11 is -0.485. The maximum absolute atomic E-state index is 12.9. The molecule has 0 aliphatic heterocycles. The molecule has 1 aromatic carbocycles. The summed E-state index contributed by atoms with van der Waals surface area (Å²) in [6.07, 6.45) is 0. The van der Waals surface area contributed by atoms with Gasteiger partial charge in [-0.05, 0) is 23.9 Å². The van der Waals surface area contributed by atoms with E-state index in [0.29, 0.717) is 6.07 Å². The molecular formula is C8H4F4O2S. The van der Waals surface area contributed by atoms with Crippen LogP contribution in [0.5, 0.6) is 0 Å². The summed E-state index contributed by atoms with van der Waals surface area (Å²) in [6, 6.07) is 1.93. The predicted molar refractivity (Wildman–Crippen MR) is 44.8 cm³/mol. The standard InChI is InChI=1S/C8H4F4O2S/c9-4-1-2-6(5(10)3-4)15-8(11,12)7(13)14/h1-3H,(H,13,14). The molecule has 0 spiro atoms. The maximum Gasteiger partial charge on any atom is 0.393 e. The number of hydrogen-bond donors (Lipinski definition) is 1. The highest BCUT2D eigenvalue weighted by Crippen LogP contribution is 2.37. The molecule has 2 nitrogen and oxygen atoms in total. The van der Waals surface area contributed by atoms with Gasteiger partial charge in [-0.1, -0.05) is 0 Å². The molecule has 82 valence electrons. The average Bonchev–Trinajstić information content (AvgIpc) is 2.09. The summed E-state index contributed by atoms with van der Waals surface area (Å²) < 4.78 is 50.5. The van der Waals surface area contributed by atoms with Crippen LogP contribution in [0, 0.1) is 11.6 Å². The zero-order valence-corrected chi connectivity index (χ0v) is 7.82. The molecule has 0 atom stereocenters. The van der Waals surface area contributed by atoms with Crippen molar-refractivity contribution < 1.29 is 27.5 Å². The van der Waals surface area contributed by atoms with Crippen molar-refractivity contribution in [2.24, 2.45) is 0 Å². The molecule has 1 N–H and O–H groups in total. The van der Waals surface area contributed by atoms with Crippen LogP contribution >= 0.6 is 11.8 Å². The molecular weight excluding hydrogens is 236 g/mol. The van der Waals surface area contributed by atoms with Crippen molar-refractivity contribution >= 4 is 17.7 Å². The van der Waals surface area contributed by atoms with E-state index in [1.54, 1.807) is 0 Å². The van der Waals surface area contributed by atoms with Crippen molar-refractivity contribution in [2.75, 3.05) is 0 Å². The van der Waals surface area contributed by atoms with Crippen molar-refractivity contribution in [3.8, 4) is 0 Å². The van der Waals surface area contributed by atoms with E-state index < -0.39 is 39.5 Å². The topological polar surface area (TPSA) is 37.3 Å². The first-order valence-electron chi connectivity index (χ1n) is 3.58. The molecule has 0 saturated heterocycles. The van der Waals surface area contributed by atoms with Crippen molar-refractivity contribution in [1.29, 1.82) is 0 Å². The smallest absolute Gasteiger partial charge is 0.393 e. The fourth-order valence-electron chi connectivity index (χ4n) is 0.740. The van der Waals surface area contributed by atoms with Crippen LogP contribution in [0.1, 0.15) is 0 Å². The van der Waals surface area contributed by atoms with Crippen LogP contribution in [0.3, 0.4) is 0 Å². The molecule has 0 radical (unpaired) electrons. The summed E-state index contributed by atoms with van der Waals surface area (Å²) in [5.74, 6) is -4.52. The number of halogens is 4. The molecule has 0 saturated carbocycles. The summed E-state index contributed by atoms with van der Waals surface area (Å²) in [5, 5.41) is 3.94.